The van der Waals surface area contributed by atoms with Gasteiger partial charge in [0, 0.05) is 22.5 Å². The van der Waals surface area contributed by atoms with E-state index < -0.39 is 0 Å². The second kappa shape index (κ2) is 5.05. The number of rotatable bonds is 2. The zero-order valence-electron chi connectivity index (χ0n) is 12.9. The Kier molecular flexibility index (Phi) is 3.01. The minimum Gasteiger partial charge on any atom is -0.350 e. The maximum Gasteiger partial charge on any atom is 0.251 e. The number of para-hydroxylation sites is 2. The molecule has 4 aromatic rings. The van der Waals surface area contributed by atoms with Crippen molar-refractivity contribution in [2.24, 2.45) is 0 Å². The van der Waals surface area contributed by atoms with Crippen molar-refractivity contribution in [1.82, 2.24) is 20.3 Å². The predicted octanol–water partition coefficient (Wildman–Crippen LogP) is 3.40. The third-order valence-corrected chi connectivity index (χ3v) is 3.78. The van der Waals surface area contributed by atoms with E-state index in [0.29, 0.717) is 5.56 Å². The van der Waals surface area contributed by atoms with Crippen LogP contribution < -0.4 is 5.32 Å². The van der Waals surface area contributed by atoms with Crippen molar-refractivity contribution in [2.45, 2.75) is 19.9 Å². The Labute approximate surface area is 132 Å². The van der Waals surface area contributed by atoms with E-state index in [4.69, 9.17) is 4.98 Å². The van der Waals surface area contributed by atoms with Gasteiger partial charge in [-0.2, -0.15) is 0 Å². The maximum absolute atomic E-state index is 12.2. The van der Waals surface area contributed by atoms with E-state index in [2.05, 4.69) is 15.3 Å². The molecule has 4 rings (SSSR count). The Bertz CT molecular complexity index is 1050. The number of nitrogens with zero attached hydrogens (tertiary/aromatic N) is 2. The van der Waals surface area contributed by atoms with Crippen LogP contribution in [0.1, 0.15) is 24.2 Å². The monoisotopic (exact) mass is 304 g/mol. The summed E-state index contributed by atoms with van der Waals surface area (Å²) in [6, 6.07) is 13.5. The zero-order valence-corrected chi connectivity index (χ0v) is 12.9. The molecular formula is C18H16N4O. The molecule has 0 atom stereocenters. The lowest BCUT2D eigenvalue weighted by Crippen LogP contribution is -2.29. The van der Waals surface area contributed by atoms with Crippen LogP contribution in [0.15, 0.2) is 42.5 Å². The number of H-pyrrole nitrogens is 1. The highest BCUT2D eigenvalue weighted by Crippen LogP contribution is 2.25. The molecule has 2 aromatic carbocycles. The van der Waals surface area contributed by atoms with Crippen molar-refractivity contribution in [1.29, 1.82) is 0 Å². The molecular weight excluding hydrogens is 288 g/mol. The number of hydrogen-bond donors (Lipinski definition) is 2. The summed E-state index contributed by atoms with van der Waals surface area (Å²) in [5.74, 6) is -0.0787. The number of fused-ring (bicyclic) bond motifs is 4. The molecule has 0 unspecified atom stereocenters. The molecule has 0 aliphatic rings. The van der Waals surface area contributed by atoms with Crippen LogP contribution in [-0.2, 0) is 0 Å². The Balaban J connectivity index is 1.94. The van der Waals surface area contributed by atoms with Gasteiger partial charge in [0.1, 0.15) is 5.52 Å². The van der Waals surface area contributed by atoms with Crippen LogP contribution in [0.3, 0.4) is 0 Å². The Morgan fingerprint density at radius 1 is 1.09 bits per heavy atom. The van der Waals surface area contributed by atoms with Gasteiger partial charge in [-0.1, -0.05) is 12.1 Å². The largest absolute Gasteiger partial charge is 0.350 e. The molecule has 5 heteroatoms. The first-order chi connectivity index (χ1) is 11.1. The molecule has 114 valence electrons. The van der Waals surface area contributed by atoms with E-state index in [9.17, 15) is 4.79 Å². The molecule has 5 nitrogen and oxygen atoms in total. The molecule has 2 N–H and O–H groups in total. The minimum absolute atomic E-state index is 0.0787. The number of benzene rings is 2. The molecule has 0 aliphatic carbocycles. The molecule has 0 spiro atoms. The molecule has 0 bridgehead atoms. The Morgan fingerprint density at radius 2 is 1.83 bits per heavy atom. The van der Waals surface area contributed by atoms with E-state index in [1.807, 2.05) is 56.3 Å². The minimum atomic E-state index is -0.0787. The van der Waals surface area contributed by atoms with Crippen LogP contribution >= 0.6 is 0 Å². The highest BCUT2D eigenvalue weighted by atomic mass is 16.1. The van der Waals surface area contributed by atoms with Crippen LogP contribution in [0.2, 0.25) is 0 Å². The Hall–Kier alpha value is -2.95. The predicted molar refractivity (Wildman–Crippen MR) is 91.5 cm³/mol. The number of aromatic amines is 1. The van der Waals surface area contributed by atoms with Crippen LogP contribution in [0.25, 0.3) is 33.1 Å². The summed E-state index contributed by atoms with van der Waals surface area (Å²) in [5, 5.41) is 3.82. The zero-order chi connectivity index (χ0) is 16.0. The molecule has 0 saturated carbocycles. The van der Waals surface area contributed by atoms with E-state index in [1.54, 1.807) is 0 Å². The molecule has 2 aromatic heterocycles. The fourth-order valence-electron chi connectivity index (χ4n) is 2.74. The van der Waals surface area contributed by atoms with Crippen LogP contribution in [0, 0.1) is 0 Å². The quantitative estimate of drug-likeness (QED) is 0.596. The van der Waals surface area contributed by atoms with Gasteiger partial charge < -0.3 is 10.3 Å². The van der Waals surface area contributed by atoms with Gasteiger partial charge in [0.25, 0.3) is 5.91 Å². The maximum atomic E-state index is 12.2. The van der Waals surface area contributed by atoms with Crippen LogP contribution in [0.4, 0.5) is 0 Å². The highest BCUT2D eigenvalue weighted by molar-refractivity contribution is 6.08. The first kappa shape index (κ1) is 13.7. The van der Waals surface area contributed by atoms with Crippen molar-refractivity contribution in [3.63, 3.8) is 0 Å². The molecule has 2 heterocycles. The molecule has 1 amide bonds. The van der Waals surface area contributed by atoms with Gasteiger partial charge in [-0.25, -0.2) is 9.97 Å². The lowest BCUT2D eigenvalue weighted by atomic mass is 10.1. The van der Waals surface area contributed by atoms with E-state index in [0.717, 1.165) is 33.1 Å². The van der Waals surface area contributed by atoms with Gasteiger partial charge in [-0.15, -0.1) is 0 Å². The first-order valence-corrected chi connectivity index (χ1v) is 7.61. The average molecular weight is 304 g/mol. The summed E-state index contributed by atoms with van der Waals surface area (Å²) in [7, 11) is 0. The Morgan fingerprint density at radius 3 is 2.57 bits per heavy atom. The molecule has 0 saturated heterocycles. The van der Waals surface area contributed by atoms with Gasteiger partial charge >= 0.3 is 0 Å². The van der Waals surface area contributed by atoms with E-state index in [1.165, 1.54) is 0 Å². The van der Waals surface area contributed by atoms with Crippen molar-refractivity contribution < 1.29 is 4.79 Å². The molecule has 0 radical (unpaired) electrons. The molecule has 0 fully saturated rings. The molecule has 23 heavy (non-hydrogen) atoms. The number of aromatic nitrogens is 3. The SMILES string of the molecule is CC(C)NC(=O)c1ccc2[nH]c3nc4ccccc4nc3c2c1. The van der Waals surface area contributed by atoms with Crippen molar-refractivity contribution in [3.05, 3.63) is 48.0 Å². The number of nitrogens with one attached hydrogen (secondary N) is 2. The topological polar surface area (TPSA) is 70.7 Å². The summed E-state index contributed by atoms with van der Waals surface area (Å²) < 4.78 is 0. The summed E-state index contributed by atoms with van der Waals surface area (Å²) in [6.07, 6.45) is 0. The lowest BCUT2D eigenvalue weighted by molar-refractivity contribution is 0.0943. The number of amides is 1. The number of carbonyl (C=O) groups excluding carboxylic acids is 1. The van der Waals surface area contributed by atoms with Crippen molar-refractivity contribution in [2.75, 3.05) is 0 Å². The highest BCUT2D eigenvalue weighted by Gasteiger charge is 2.12. The van der Waals surface area contributed by atoms with Gasteiger partial charge in [0.2, 0.25) is 0 Å². The molecule has 0 aliphatic heterocycles. The number of carbonyl (C=O) groups is 1. The van der Waals surface area contributed by atoms with Crippen molar-refractivity contribution >= 4 is 39.0 Å². The third kappa shape index (κ3) is 2.30. The standard InChI is InChI=1S/C18H16N4O/c1-10(2)19-18(23)11-7-8-13-12(9-11)16-17(21-13)22-15-6-4-3-5-14(15)20-16/h3-10H,1-2H3,(H,19,23)(H,21,22). The van der Waals surface area contributed by atoms with Gasteiger partial charge in [-0.05, 0) is 44.2 Å². The smallest absolute Gasteiger partial charge is 0.251 e. The summed E-state index contributed by atoms with van der Waals surface area (Å²) in [6.45, 7) is 3.89. The fraction of sp³-hybridized carbons (Fsp3) is 0.167. The second-order valence-electron chi connectivity index (χ2n) is 5.92. The van der Waals surface area contributed by atoms with Gasteiger partial charge in [0.15, 0.2) is 5.65 Å². The van der Waals surface area contributed by atoms with E-state index >= 15 is 0 Å². The van der Waals surface area contributed by atoms with Gasteiger partial charge in [0.05, 0.1) is 11.0 Å². The second-order valence-corrected chi connectivity index (χ2v) is 5.92. The summed E-state index contributed by atoms with van der Waals surface area (Å²) in [4.78, 5) is 24.8. The normalized spacial score (nSPS) is 11.6. The summed E-state index contributed by atoms with van der Waals surface area (Å²) >= 11 is 0. The fourth-order valence-corrected chi connectivity index (χ4v) is 2.74. The first-order valence-electron chi connectivity index (χ1n) is 7.61. The average Bonchev–Trinajstić information content (AvgIpc) is 2.88. The lowest BCUT2D eigenvalue weighted by Gasteiger charge is -2.08. The van der Waals surface area contributed by atoms with Crippen molar-refractivity contribution in [3.8, 4) is 0 Å². The van der Waals surface area contributed by atoms with Gasteiger partial charge in [-0.3, -0.25) is 4.79 Å². The van der Waals surface area contributed by atoms with Crippen LogP contribution in [0.5, 0.6) is 0 Å². The summed E-state index contributed by atoms with van der Waals surface area (Å²) in [5.41, 5.74) is 4.78. The number of hydrogen-bond acceptors (Lipinski definition) is 3. The van der Waals surface area contributed by atoms with Crippen LogP contribution in [-0.4, -0.2) is 26.9 Å². The third-order valence-electron chi connectivity index (χ3n) is 3.78. The van der Waals surface area contributed by atoms with E-state index in [-0.39, 0.29) is 11.9 Å².